The highest BCUT2D eigenvalue weighted by Crippen LogP contribution is 2.63. The summed E-state index contributed by atoms with van der Waals surface area (Å²) in [6.07, 6.45) is 1.57. The number of Topliss-reactive ketones (excluding diaryl/α,β-unsaturated/α-hetero) is 1. The molecule has 146 valence electrons. The van der Waals surface area contributed by atoms with Crippen LogP contribution in [0.2, 0.25) is 0 Å². The number of likely N-dealkylation sites (tertiary alicyclic amines) is 1. The molecular weight excluding hydrogens is 343 g/mol. The van der Waals surface area contributed by atoms with E-state index >= 15 is 0 Å². The second kappa shape index (κ2) is 5.71. The van der Waals surface area contributed by atoms with Crippen LogP contribution in [0.4, 0.5) is 13.2 Å². The summed E-state index contributed by atoms with van der Waals surface area (Å²) in [6, 6.07) is -0.312. The van der Waals surface area contributed by atoms with Crippen LogP contribution in [-0.2, 0) is 9.59 Å². The Morgan fingerprint density at radius 1 is 1.08 bits per heavy atom. The van der Waals surface area contributed by atoms with E-state index in [1.165, 1.54) is 0 Å². The molecule has 26 heavy (non-hydrogen) atoms. The Labute approximate surface area is 152 Å². The molecule has 4 aliphatic rings. The summed E-state index contributed by atoms with van der Waals surface area (Å²) in [5.41, 5.74) is -0.477. The number of piperidine rings is 1. The fourth-order valence-corrected chi connectivity index (χ4v) is 7.26. The molecule has 0 aromatic carbocycles. The number of ketones is 1. The number of hydrogen-bond donors (Lipinski definition) is 0. The number of halogens is 3. The van der Waals surface area contributed by atoms with E-state index in [0.717, 1.165) is 37.0 Å². The van der Waals surface area contributed by atoms with Gasteiger partial charge < -0.3 is 4.90 Å². The molecule has 1 aliphatic heterocycles. The van der Waals surface area contributed by atoms with E-state index in [2.05, 4.69) is 13.8 Å². The van der Waals surface area contributed by atoms with Gasteiger partial charge in [0.05, 0.1) is 0 Å². The average molecular weight is 371 g/mol. The summed E-state index contributed by atoms with van der Waals surface area (Å²) in [5.74, 6) is -0.161. The van der Waals surface area contributed by atoms with Crippen molar-refractivity contribution in [3.8, 4) is 0 Å². The Kier molecular flexibility index (Phi) is 4.02. The summed E-state index contributed by atoms with van der Waals surface area (Å²) in [4.78, 5) is 25.6. The number of rotatable bonds is 0. The van der Waals surface area contributed by atoms with E-state index < -0.39 is 12.1 Å². The van der Waals surface area contributed by atoms with Gasteiger partial charge in [-0.15, -0.1) is 0 Å². The van der Waals surface area contributed by atoms with Crippen LogP contribution >= 0.6 is 0 Å². The predicted molar refractivity (Wildman–Crippen MR) is 90.2 cm³/mol. The first kappa shape index (κ1) is 18.3. The predicted octanol–water partition coefficient (Wildman–Crippen LogP) is 4.35. The summed E-state index contributed by atoms with van der Waals surface area (Å²) in [5, 5.41) is 0. The molecule has 4 fully saturated rings. The Hall–Kier alpha value is -1.07. The molecule has 3 aliphatic carbocycles. The first-order valence-electron chi connectivity index (χ1n) is 10.00. The summed E-state index contributed by atoms with van der Waals surface area (Å²) < 4.78 is 39.3. The van der Waals surface area contributed by atoms with Gasteiger partial charge in [-0.1, -0.05) is 13.8 Å². The lowest BCUT2D eigenvalue weighted by atomic mass is 9.47. The van der Waals surface area contributed by atoms with Gasteiger partial charge >= 0.3 is 12.1 Å². The largest absolute Gasteiger partial charge is 0.471 e. The molecule has 4 rings (SSSR count). The number of amides is 1. The maximum absolute atomic E-state index is 13.1. The van der Waals surface area contributed by atoms with Crippen molar-refractivity contribution in [2.45, 2.75) is 77.4 Å². The lowest BCUT2D eigenvalue weighted by Crippen LogP contribution is -2.63. The van der Waals surface area contributed by atoms with Crippen LogP contribution in [0.1, 0.15) is 65.2 Å². The number of nitrogens with zero attached hydrogens (tertiary/aromatic N) is 1. The van der Waals surface area contributed by atoms with Crippen molar-refractivity contribution in [3.63, 3.8) is 0 Å². The lowest BCUT2D eigenvalue weighted by Gasteiger charge is -2.61. The SMILES string of the molecule is CC12CCC3C(CCC4N(C(=O)C(F)(F)F)CCCC34C)C1CCC2=O. The molecule has 0 spiro atoms. The second-order valence-electron chi connectivity index (χ2n) is 9.49. The highest BCUT2D eigenvalue weighted by Gasteiger charge is 2.62. The van der Waals surface area contributed by atoms with Crippen molar-refractivity contribution in [2.75, 3.05) is 6.54 Å². The molecule has 0 N–H and O–H groups in total. The Morgan fingerprint density at radius 2 is 1.81 bits per heavy atom. The Bertz CT molecular complexity index is 633. The molecule has 1 saturated heterocycles. The fraction of sp³-hybridized carbons (Fsp3) is 0.900. The first-order chi connectivity index (χ1) is 12.1. The molecular formula is C20H28F3NO2. The zero-order chi connectivity index (χ0) is 18.9. The standard InChI is InChI=1S/C20H28F3NO2/c1-18-9-3-11-24(17(26)20(21,22)23)15(18)6-4-12-13-5-7-16(25)19(13,2)10-8-14(12)18/h12-15H,3-11H2,1-2H3. The minimum atomic E-state index is -4.79. The van der Waals surface area contributed by atoms with Gasteiger partial charge in [-0.25, -0.2) is 0 Å². The summed E-state index contributed by atoms with van der Waals surface area (Å²) in [7, 11) is 0. The van der Waals surface area contributed by atoms with Crippen LogP contribution in [-0.4, -0.2) is 35.4 Å². The van der Waals surface area contributed by atoms with Gasteiger partial charge in [-0.3, -0.25) is 9.59 Å². The van der Waals surface area contributed by atoms with Gasteiger partial charge in [-0.2, -0.15) is 13.2 Å². The van der Waals surface area contributed by atoms with Crippen LogP contribution in [0.3, 0.4) is 0 Å². The molecule has 0 aromatic rings. The van der Waals surface area contributed by atoms with E-state index in [4.69, 9.17) is 0 Å². The van der Waals surface area contributed by atoms with Crippen LogP contribution < -0.4 is 0 Å². The molecule has 3 nitrogen and oxygen atoms in total. The minimum Gasteiger partial charge on any atom is -0.331 e. The van der Waals surface area contributed by atoms with Gasteiger partial charge in [0.2, 0.25) is 0 Å². The van der Waals surface area contributed by atoms with Gasteiger partial charge in [-0.05, 0) is 68.1 Å². The van der Waals surface area contributed by atoms with Crippen LogP contribution in [0.25, 0.3) is 0 Å². The van der Waals surface area contributed by atoms with Crippen molar-refractivity contribution in [3.05, 3.63) is 0 Å². The van der Waals surface area contributed by atoms with Crippen molar-refractivity contribution in [1.82, 2.24) is 4.90 Å². The smallest absolute Gasteiger partial charge is 0.331 e. The zero-order valence-electron chi connectivity index (χ0n) is 15.6. The highest BCUT2D eigenvalue weighted by atomic mass is 19.4. The summed E-state index contributed by atoms with van der Waals surface area (Å²) >= 11 is 0. The number of hydrogen-bond acceptors (Lipinski definition) is 2. The normalized spacial score (nSPS) is 45.7. The molecule has 1 amide bonds. The van der Waals surface area contributed by atoms with Crippen LogP contribution in [0.5, 0.6) is 0 Å². The third-order valence-electron chi connectivity index (χ3n) is 8.52. The third-order valence-corrected chi connectivity index (χ3v) is 8.52. The van der Waals surface area contributed by atoms with Crippen LogP contribution in [0, 0.1) is 28.6 Å². The molecule has 6 heteroatoms. The number of carbonyl (C=O) groups excluding carboxylic acids is 2. The summed E-state index contributed by atoms with van der Waals surface area (Å²) in [6.45, 7) is 4.44. The molecule has 1 heterocycles. The van der Waals surface area contributed by atoms with Gasteiger partial charge in [0.25, 0.3) is 0 Å². The van der Waals surface area contributed by atoms with Gasteiger partial charge in [0.1, 0.15) is 5.78 Å². The molecule has 3 saturated carbocycles. The van der Waals surface area contributed by atoms with E-state index in [9.17, 15) is 22.8 Å². The Morgan fingerprint density at radius 3 is 2.50 bits per heavy atom. The van der Waals surface area contributed by atoms with E-state index in [1.807, 2.05) is 0 Å². The highest BCUT2D eigenvalue weighted by molar-refractivity contribution is 5.87. The van der Waals surface area contributed by atoms with Gasteiger partial charge in [0.15, 0.2) is 0 Å². The number of fused-ring (bicyclic) bond motifs is 5. The first-order valence-corrected chi connectivity index (χ1v) is 10.00. The Balaban J connectivity index is 1.63. The third kappa shape index (κ3) is 2.39. The molecule has 6 unspecified atom stereocenters. The maximum atomic E-state index is 13.1. The maximum Gasteiger partial charge on any atom is 0.471 e. The molecule has 0 aromatic heterocycles. The lowest BCUT2D eigenvalue weighted by molar-refractivity contribution is -0.200. The molecule has 6 atom stereocenters. The van der Waals surface area contributed by atoms with E-state index in [-0.39, 0.29) is 23.4 Å². The zero-order valence-corrected chi connectivity index (χ0v) is 15.6. The number of carbonyl (C=O) groups is 2. The fourth-order valence-electron chi connectivity index (χ4n) is 7.26. The minimum absolute atomic E-state index is 0.218. The quantitative estimate of drug-likeness (QED) is 0.635. The number of alkyl halides is 3. The average Bonchev–Trinajstić information content (AvgIpc) is 2.87. The molecule has 0 radical (unpaired) electrons. The van der Waals surface area contributed by atoms with Crippen molar-refractivity contribution in [2.24, 2.45) is 28.6 Å². The topological polar surface area (TPSA) is 37.4 Å². The van der Waals surface area contributed by atoms with Crippen molar-refractivity contribution in [1.29, 1.82) is 0 Å². The molecule has 0 bridgehead atoms. The van der Waals surface area contributed by atoms with Crippen molar-refractivity contribution >= 4 is 11.7 Å². The van der Waals surface area contributed by atoms with Crippen LogP contribution in [0.15, 0.2) is 0 Å². The van der Waals surface area contributed by atoms with Gasteiger partial charge in [0, 0.05) is 24.4 Å². The van der Waals surface area contributed by atoms with E-state index in [0.29, 0.717) is 42.8 Å². The van der Waals surface area contributed by atoms with E-state index in [1.54, 1.807) is 0 Å². The van der Waals surface area contributed by atoms with Crippen molar-refractivity contribution < 1.29 is 22.8 Å². The second-order valence-corrected chi connectivity index (χ2v) is 9.49. The monoisotopic (exact) mass is 371 g/mol.